The molecule has 0 saturated carbocycles. The van der Waals surface area contributed by atoms with Crippen LogP contribution in [0.2, 0.25) is 0 Å². The SMILES string of the molecule is C[C@H]1C(=O)N(C[C@@H](O)COc2ccccc2)C(=O)N1c1ccccc1. The molecule has 2 aromatic carbocycles. The molecule has 130 valence electrons. The number of amides is 3. The standard InChI is InChI=1S/C19H20N2O4/c1-14-18(23)20(19(24)21(14)15-8-4-2-5-9-15)12-16(22)13-25-17-10-6-3-7-11-17/h2-11,14,16,22H,12-13H2,1H3/t14-,16+/m0/s1. The Morgan fingerprint density at radius 3 is 2.28 bits per heavy atom. The Bertz CT molecular complexity index is 736. The van der Waals surface area contributed by atoms with Crippen molar-refractivity contribution in [2.75, 3.05) is 18.1 Å². The molecule has 0 spiro atoms. The fourth-order valence-corrected chi connectivity index (χ4v) is 2.79. The number of ether oxygens (including phenoxy) is 1. The van der Waals surface area contributed by atoms with Gasteiger partial charge in [0, 0.05) is 5.69 Å². The Balaban J connectivity index is 1.64. The van der Waals surface area contributed by atoms with Crippen molar-refractivity contribution < 1.29 is 19.4 Å². The lowest BCUT2D eigenvalue weighted by Gasteiger charge is -2.20. The van der Waals surface area contributed by atoms with Gasteiger partial charge >= 0.3 is 6.03 Å². The number of carbonyl (C=O) groups is 2. The van der Waals surface area contributed by atoms with Gasteiger partial charge in [0.15, 0.2) is 0 Å². The minimum Gasteiger partial charge on any atom is -0.491 e. The smallest absolute Gasteiger partial charge is 0.332 e. The van der Waals surface area contributed by atoms with Crippen molar-refractivity contribution in [3.8, 4) is 5.75 Å². The van der Waals surface area contributed by atoms with Crippen molar-refractivity contribution >= 4 is 17.6 Å². The number of hydrogen-bond acceptors (Lipinski definition) is 4. The summed E-state index contributed by atoms with van der Waals surface area (Å²) in [6.07, 6.45) is -0.962. The molecule has 6 heteroatoms. The summed E-state index contributed by atoms with van der Waals surface area (Å²) in [4.78, 5) is 27.6. The molecule has 25 heavy (non-hydrogen) atoms. The number of β-amino-alcohol motifs (C(OH)–C–C–N with tert-alkyl or cyclic N) is 1. The minimum absolute atomic E-state index is 0.000785. The summed E-state index contributed by atoms with van der Waals surface area (Å²) >= 11 is 0. The van der Waals surface area contributed by atoms with Gasteiger partial charge in [-0.1, -0.05) is 36.4 Å². The van der Waals surface area contributed by atoms with E-state index in [1.165, 1.54) is 4.90 Å². The first kappa shape index (κ1) is 17.0. The summed E-state index contributed by atoms with van der Waals surface area (Å²) in [7, 11) is 0. The maximum absolute atomic E-state index is 12.6. The van der Waals surface area contributed by atoms with Crippen LogP contribution < -0.4 is 9.64 Å². The largest absolute Gasteiger partial charge is 0.491 e. The van der Waals surface area contributed by atoms with Crippen molar-refractivity contribution in [3.05, 3.63) is 60.7 Å². The second kappa shape index (κ2) is 7.36. The monoisotopic (exact) mass is 340 g/mol. The Hall–Kier alpha value is -2.86. The third-order valence-electron chi connectivity index (χ3n) is 4.06. The van der Waals surface area contributed by atoms with Gasteiger partial charge in [-0.05, 0) is 31.2 Å². The van der Waals surface area contributed by atoms with Crippen LogP contribution in [0.25, 0.3) is 0 Å². The van der Waals surface area contributed by atoms with Gasteiger partial charge < -0.3 is 9.84 Å². The van der Waals surface area contributed by atoms with Crippen LogP contribution in [-0.4, -0.2) is 47.2 Å². The molecule has 0 unspecified atom stereocenters. The lowest BCUT2D eigenvalue weighted by Crippen LogP contribution is -2.40. The number of anilines is 1. The van der Waals surface area contributed by atoms with Gasteiger partial charge in [-0.2, -0.15) is 0 Å². The maximum atomic E-state index is 12.6. The van der Waals surface area contributed by atoms with E-state index >= 15 is 0 Å². The summed E-state index contributed by atoms with van der Waals surface area (Å²) < 4.78 is 5.47. The molecule has 1 saturated heterocycles. The van der Waals surface area contributed by atoms with Gasteiger partial charge in [-0.25, -0.2) is 4.79 Å². The molecule has 2 aromatic rings. The topological polar surface area (TPSA) is 70.1 Å². The summed E-state index contributed by atoms with van der Waals surface area (Å²) in [5.41, 5.74) is 0.658. The van der Waals surface area contributed by atoms with E-state index in [1.807, 2.05) is 36.4 Å². The number of aliphatic hydroxyl groups excluding tert-OH is 1. The molecule has 1 aliphatic heterocycles. The molecule has 1 aliphatic rings. The highest BCUT2D eigenvalue weighted by atomic mass is 16.5. The number of imide groups is 1. The van der Waals surface area contributed by atoms with Gasteiger partial charge in [0.05, 0.1) is 6.54 Å². The Morgan fingerprint density at radius 1 is 1.04 bits per heavy atom. The molecule has 0 bridgehead atoms. The highest BCUT2D eigenvalue weighted by Gasteiger charge is 2.43. The third-order valence-corrected chi connectivity index (χ3v) is 4.06. The average molecular weight is 340 g/mol. The summed E-state index contributed by atoms with van der Waals surface area (Å²) in [6.45, 7) is 1.58. The first-order chi connectivity index (χ1) is 12.1. The van der Waals surface area contributed by atoms with Crippen molar-refractivity contribution in [1.82, 2.24) is 4.90 Å². The van der Waals surface area contributed by atoms with Gasteiger partial charge in [-0.3, -0.25) is 14.6 Å². The van der Waals surface area contributed by atoms with Crippen molar-refractivity contribution in [2.24, 2.45) is 0 Å². The van der Waals surface area contributed by atoms with E-state index in [1.54, 1.807) is 31.2 Å². The predicted molar refractivity (Wildman–Crippen MR) is 93.4 cm³/mol. The molecule has 3 rings (SSSR count). The lowest BCUT2D eigenvalue weighted by atomic mass is 10.2. The number of rotatable bonds is 6. The maximum Gasteiger partial charge on any atom is 0.332 e. The Kier molecular flexibility index (Phi) is 5.00. The fourth-order valence-electron chi connectivity index (χ4n) is 2.79. The number of hydrogen-bond donors (Lipinski definition) is 1. The van der Waals surface area contributed by atoms with Gasteiger partial charge in [0.25, 0.3) is 5.91 Å². The normalized spacial score (nSPS) is 18.6. The summed E-state index contributed by atoms with van der Waals surface area (Å²) in [5.74, 6) is 0.299. The first-order valence-corrected chi connectivity index (χ1v) is 8.13. The zero-order valence-corrected chi connectivity index (χ0v) is 13.9. The van der Waals surface area contributed by atoms with E-state index in [9.17, 15) is 14.7 Å². The fraction of sp³-hybridized carbons (Fsp3) is 0.263. The number of nitrogens with zero attached hydrogens (tertiary/aromatic N) is 2. The zero-order chi connectivity index (χ0) is 17.8. The molecule has 0 aromatic heterocycles. The highest BCUT2D eigenvalue weighted by molar-refractivity contribution is 6.14. The molecule has 6 nitrogen and oxygen atoms in total. The number of aliphatic hydroxyl groups is 1. The van der Waals surface area contributed by atoms with Gasteiger partial charge in [0.1, 0.15) is 24.5 Å². The van der Waals surface area contributed by atoms with E-state index in [0.717, 1.165) is 4.90 Å². The van der Waals surface area contributed by atoms with Crippen LogP contribution >= 0.6 is 0 Å². The summed E-state index contributed by atoms with van der Waals surface area (Å²) in [6, 6.07) is 17.1. The molecule has 2 atom stereocenters. The second-order valence-corrected chi connectivity index (χ2v) is 5.89. The van der Waals surface area contributed by atoms with E-state index in [-0.39, 0.29) is 19.1 Å². The van der Waals surface area contributed by atoms with Crippen LogP contribution in [0, 0.1) is 0 Å². The molecule has 1 heterocycles. The number of para-hydroxylation sites is 2. The molecule has 3 amide bonds. The van der Waals surface area contributed by atoms with Crippen LogP contribution in [0.1, 0.15) is 6.92 Å². The Morgan fingerprint density at radius 2 is 1.64 bits per heavy atom. The van der Waals surface area contributed by atoms with Crippen LogP contribution in [0.15, 0.2) is 60.7 Å². The minimum atomic E-state index is -0.962. The van der Waals surface area contributed by atoms with Crippen LogP contribution in [-0.2, 0) is 4.79 Å². The highest BCUT2D eigenvalue weighted by Crippen LogP contribution is 2.25. The van der Waals surface area contributed by atoms with Crippen LogP contribution in [0.4, 0.5) is 10.5 Å². The van der Waals surface area contributed by atoms with Crippen molar-refractivity contribution in [1.29, 1.82) is 0 Å². The van der Waals surface area contributed by atoms with Crippen LogP contribution in [0.5, 0.6) is 5.75 Å². The first-order valence-electron chi connectivity index (χ1n) is 8.13. The number of urea groups is 1. The number of carbonyl (C=O) groups excluding carboxylic acids is 2. The van der Waals surface area contributed by atoms with Gasteiger partial charge in [-0.15, -0.1) is 0 Å². The van der Waals surface area contributed by atoms with E-state index in [2.05, 4.69) is 0 Å². The molecule has 1 fully saturated rings. The van der Waals surface area contributed by atoms with Crippen molar-refractivity contribution in [3.63, 3.8) is 0 Å². The third kappa shape index (κ3) is 3.64. The van der Waals surface area contributed by atoms with E-state index in [4.69, 9.17) is 4.74 Å². The lowest BCUT2D eigenvalue weighted by molar-refractivity contribution is -0.128. The molecule has 0 radical (unpaired) electrons. The van der Waals surface area contributed by atoms with E-state index < -0.39 is 18.2 Å². The summed E-state index contributed by atoms with van der Waals surface area (Å²) in [5, 5.41) is 10.2. The van der Waals surface area contributed by atoms with Gasteiger partial charge in [0.2, 0.25) is 0 Å². The second-order valence-electron chi connectivity index (χ2n) is 5.89. The predicted octanol–water partition coefficient (Wildman–Crippen LogP) is 2.28. The van der Waals surface area contributed by atoms with Crippen LogP contribution in [0.3, 0.4) is 0 Å². The molecule has 0 aliphatic carbocycles. The van der Waals surface area contributed by atoms with Crippen molar-refractivity contribution in [2.45, 2.75) is 19.1 Å². The quantitative estimate of drug-likeness (QED) is 0.819. The average Bonchev–Trinajstić information content (AvgIpc) is 2.85. The number of benzene rings is 2. The molecular weight excluding hydrogens is 320 g/mol. The van der Waals surface area contributed by atoms with E-state index in [0.29, 0.717) is 11.4 Å². The zero-order valence-electron chi connectivity index (χ0n) is 13.9. The molecular formula is C19H20N2O4. The molecule has 1 N–H and O–H groups in total. The Labute approximate surface area is 146 Å².